The molecule has 0 aliphatic heterocycles. The number of nitrogens with one attached hydrogen (secondary N) is 1. The number of hydrogen-bond donors (Lipinski definition) is 1. The Kier molecular flexibility index (Phi) is 9.69. The third-order valence-corrected chi connectivity index (χ3v) is 6.11. The predicted molar refractivity (Wildman–Crippen MR) is 127 cm³/mol. The van der Waals surface area contributed by atoms with Gasteiger partial charge in [-0.25, -0.2) is 0 Å². The Morgan fingerprint density at radius 2 is 1.38 bits per heavy atom. The van der Waals surface area contributed by atoms with E-state index in [2.05, 4.69) is 36.1 Å². The Labute approximate surface area is 200 Å². The summed E-state index contributed by atoms with van der Waals surface area (Å²) in [5, 5.41) is 4.12. The van der Waals surface area contributed by atoms with Crippen LogP contribution >= 0.6 is 0 Å². The van der Waals surface area contributed by atoms with Crippen LogP contribution in [0.1, 0.15) is 74.9 Å². The summed E-state index contributed by atoms with van der Waals surface area (Å²) in [5.74, 6) is 1.30. The van der Waals surface area contributed by atoms with Crippen LogP contribution in [0.25, 0.3) is 11.5 Å². The first-order valence-corrected chi connectivity index (χ1v) is 12.3. The van der Waals surface area contributed by atoms with Gasteiger partial charge in [-0.3, -0.25) is 0 Å². The van der Waals surface area contributed by atoms with Crippen LogP contribution in [0, 0.1) is 0 Å². The van der Waals surface area contributed by atoms with Crippen molar-refractivity contribution < 1.29 is 22.6 Å². The van der Waals surface area contributed by atoms with Crippen molar-refractivity contribution >= 4 is 0 Å². The fourth-order valence-electron chi connectivity index (χ4n) is 4.00. The highest BCUT2D eigenvalue weighted by Gasteiger charge is 2.30. The van der Waals surface area contributed by atoms with Gasteiger partial charge in [-0.2, -0.15) is 18.2 Å². The van der Waals surface area contributed by atoms with Crippen molar-refractivity contribution in [2.45, 2.75) is 78.1 Å². The lowest BCUT2D eigenvalue weighted by Crippen LogP contribution is -3.09. The fraction of sp³-hybridized carbons (Fsp3) is 0.481. The van der Waals surface area contributed by atoms with Crippen LogP contribution in [0.4, 0.5) is 13.2 Å². The quantitative estimate of drug-likeness (QED) is 0.297. The number of nitrogens with zero attached hydrogens (tertiary/aromatic N) is 2. The van der Waals surface area contributed by atoms with E-state index in [0.29, 0.717) is 12.4 Å². The van der Waals surface area contributed by atoms with Crippen LogP contribution in [0.2, 0.25) is 0 Å². The van der Waals surface area contributed by atoms with Gasteiger partial charge in [0.25, 0.3) is 5.89 Å². The van der Waals surface area contributed by atoms with Crippen molar-refractivity contribution in [1.82, 2.24) is 10.1 Å². The zero-order valence-corrected chi connectivity index (χ0v) is 20.1. The molecule has 184 valence electrons. The van der Waals surface area contributed by atoms with Gasteiger partial charge in [0.1, 0.15) is 13.1 Å². The Hall–Kier alpha value is -2.67. The third kappa shape index (κ3) is 7.97. The Morgan fingerprint density at radius 1 is 0.794 bits per heavy atom. The Morgan fingerprint density at radius 3 is 1.97 bits per heavy atom. The molecule has 4 nitrogen and oxygen atoms in total. The summed E-state index contributed by atoms with van der Waals surface area (Å²) in [6.45, 7) is 6.62. The molecule has 1 atom stereocenters. The number of rotatable bonds is 13. The maximum Gasteiger partial charge on any atom is 0.416 e. The highest BCUT2D eigenvalue weighted by molar-refractivity contribution is 5.53. The molecule has 2 aromatic carbocycles. The van der Waals surface area contributed by atoms with E-state index in [1.54, 1.807) is 12.1 Å². The summed E-state index contributed by atoms with van der Waals surface area (Å²) >= 11 is 0. The topological polar surface area (TPSA) is 43.4 Å². The van der Waals surface area contributed by atoms with E-state index >= 15 is 0 Å². The fourth-order valence-corrected chi connectivity index (χ4v) is 4.00. The average molecular weight is 475 g/mol. The first kappa shape index (κ1) is 25.9. The third-order valence-electron chi connectivity index (χ3n) is 6.11. The number of aromatic nitrogens is 2. The number of hydrogen-bond acceptors (Lipinski definition) is 3. The smallest absolute Gasteiger partial charge is 0.334 e. The second-order valence-corrected chi connectivity index (χ2v) is 8.88. The molecule has 0 spiro atoms. The average Bonchev–Trinajstić information content (AvgIpc) is 3.30. The van der Waals surface area contributed by atoms with Crippen LogP contribution < -0.4 is 4.90 Å². The molecule has 0 aliphatic rings. The molecule has 1 aromatic heterocycles. The Bertz CT molecular complexity index is 982. The van der Waals surface area contributed by atoms with Crippen LogP contribution in [0.15, 0.2) is 53.1 Å². The number of unbranched alkanes of at least 4 members (excludes halogenated alkanes) is 5. The molecule has 0 aliphatic carbocycles. The normalized spacial score (nSPS) is 12.7. The molecule has 1 unspecified atom stereocenters. The molecular weight excluding hydrogens is 439 g/mol. The van der Waals surface area contributed by atoms with Gasteiger partial charge in [-0.15, -0.1) is 0 Å². The second kappa shape index (κ2) is 12.7. The molecule has 0 bridgehead atoms. The number of halogens is 3. The van der Waals surface area contributed by atoms with Gasteiger partial charge < -0.3 is 9.42 Å². The molecule has 0 fully saturated rings. The molecule has 0 amide bonds. The molecule has 0 saturated heterocycles. The van der Waals surface area contributed by atoms with E-state index in [1.807, 2.05) is 12.1 Å². The molecule has 0 saturated carbocycles. The maximum absolute atomic E-state index is 12.8. The van der Waals surface area contributed by atoms with Crippen LogP contribution in [-0.2, 0) is 25.7 Å². The van der Waals surface area contributed by atoms with Gasteiger partial charge in [0.2, 0.25) is 0 Å². The summed E-state index contributed by atoms with van der Waals surface area (Å²) in [4.78, 5) is 5.81. The van der Waals surface area contributed by atoms with Crippen molar-refractivity contribution in [3.8, 4) is 11.5 Å². The van der Waals surface area contributed by atoms with Crippen molar-refractivity contribution in [2.75, 3.05) is 6.54 Å². The molecule has 0 radical (unpaired) electrons. The van der Waals surface area contributed by atoms with Crippen molar-refractivity contribution in [3.05, 3.63) is 71.0 Å². The van der Waals surface area contributed by atoms with Gasteiger partial charge >= 0.3 is 6.18 Å². The highest BCUT2D eigenvalue weighted by Crippen LogP contribution is 2.29. The van der Waals surface area contributed by atoms with Gasteiger partial charge in [0.05, 0.1) is 12.1 Å². The minimum atomic E-state index is -4.30. The van der Waals surface area contributed by atoms with E-state index < -0.39 is 11.7 Å². The van der Waals surface area contributed by atoms with E-state index in [1.165, 1.54) is 37.0 Å². The first-order valence-electron chi connectivity index (χ1n) is 12.3. The minimum Gasteiger partial charge on any atom is -0.334 e. The zero-order valence-electron chi connectivity index (χ0n) is 20.1. The maximum atomic E-state index is 12.8. The lowest BCUT2D eigenvalue weighted by molar-refractivity contribution is -0.925. The van der Waals surface area contributed by atoms with E-state index in [-0.39, 0.29) is 0 Å². The summed E-state index contributed by atoms with van der Waals surface area (Å²) in [7, 11) is 0. The lowest BCUT2D eigenvalue weighted by atomic mass is 10.1. The second-order valence-electron chi connectivity index (χ2n) is 8.88. The number of benzene rings is 2. The molecule has 34 heavy (non-hydrogen) atoms. The number of quaternary nitrogens is 1. The van der Waals surface area contributed by atoms with Crippen LogP contribution in [-0.4, -0.2) is 16.7 Å². The minimum absolute atomic E-state index is 0.539. The van der Waals surface area contributed by atoms with E-state index in [0.717, 1.165) is 60.6 Å². The van der Waals surface area contributed by atoms with E-state index in [9.17, 15) is 13.2 Å². The van der Waals surface area contributed by atoms with Crippen LogP contribution in [0.3, 0.4) is 0 Å². The van der Waals surface area contributed by atoms with Crippen molar-refractivity contribution in [1.29, 1.82) is 0 Å². The van der Waals surface area contributed by atoms with Crippen LogP contribution in [0.5, 0.6) is 0 Å². The van der Waals surface area contributed by atoms with Crippen molar-refractivity contribution in [3.63, 3.8) is 0 Å². The SMILES string of the molecule is CCCCCCCCc1noc(-c2ccc(C[NH+](CC)Cc3ccc(C(F)(F)F)cc3)cc2)n1. The molecular formula is C27H35F3N3O+. The monoisotopic (exact) mass is 474 g/mol. The zero-order chi connectivity index (χ0) is 24.4. The predicted octanol–water partition coefficient (Wildman–Crippen LogP) is 6.26. The summed E-state index contributed by atoms with van der Waals surface area (Å²) in [5.41, 5.74) is 2.33. The largest absolute Gasteiger partial charge is 0.416 e. The molecule has 1 heterocycles. The summed E-state index contributed by atoms with van der Waals surface area (Å²) in [6, 6.07) is 13.5. The summed E-state index contributed by atoms with van der Waals surface area (Å²) in [6.07, 6.45) is 3.92. The standard InChI is InChI=1S/C27H34F3N3O/c1-3-5-6-7-8-9-10-25-31-26(34-32-25)23-15-11-21(12-16-23)19-33(4-2)20-22-13-17-24(18-14-22)27(28,29)30/h11-18H,3-10,19-20H2,1-2H3/p+1. The first-order chi connectivity index (χ1) is 16.4. The van der Waals surface area contributed by atoms with E-state index in [4.69, 9.17) is 4.52 Å². The molecule has 1 N–H and O–H groups in total. The van der Waals surface area contributed by atoms with Gasteiger partial charge in [-0.1, -0.05) is 68.4 Å². The summed E-state index contributed by atoms with van der Waals surface area (Å²) < 4.78 is 43.8. The number of alkyl halides is 3. The van der Waals surface area contributed by atoms with Gasteiger partial charge in [0.15, 0.2) is 5.82 Å². The molecule has 3 rings (SSSR count). The number of aryl methyl sites for hydroxylation is 1. The Balaban J connectivity index is 1.51. The molecule has 7 heteroatoms. The van der Waals surface area contributed by atoms with Gasteiger partial charge in [0, 0.05) is 23.1 Å². The highest BCUT2D eigenvalue weighted by atomic mass is 19.4. The lowest BCUT2D eigenvalue weighted by Gasteiger charge is -2.18. The van der Waals surface area contributed by atoms with Crippen molar-refractivity contribution in [2.24, 2.45) is 0 Å². The molecule has 3 aromatic rings. The van der Waals surface area contributed by atoms with Gasteiger partial charge in [-0.05, 0) is 37.6 Å².